The lowest BCUT2D eigenvalue weighted by atomic mass is 9.85. The highest BCUT2D eigenvalue weighted by molar-refractivity contribution is 6.32. The van der Waals surface area contributed by atoms with E-state index in [1.165, 1.54) is 16.0 Å². The molecule has 1 saturated carbocycles. The van der Waals surface area contributed by atoms with Gasteiger partial charge in [0.1, 0.15) is 0 Å². The molecular formula is C18H21NO6. The number of rotatable bonds is 4. The minimum Gasteiger partial charge on any atom is -0.481 e. The normalized spacial score (nSPS) is 20.6. The van der Waals surface area contributed by atoms with Gasteiger partial charge in [0, 0.05) is 18.7 Å². The quantitative estimate of drug-likeness (QED) is 0.546. The topological polar surface area (TPSA) is 124 Å². The van der Waals surface area contributed by atoms with Gasteiger partial charge in [0.25, 0.3) is 0 Å². The summed E-state index contributed by atoms with van der Waals surface area (Å²) in [6.07, 6.45) is 3.86. The molecule has 1 aliphatic heterocycles. The van der Waals surface area contributed by atoms with Gasteiger partial charge in [-0.1, -0.05) is 24.3 Å². The highest BCUT2D eigenvalue weighted by atomic mass is 16.4. The molecule has 1 aromatic rings. The molecular weight excluding hydrogens is 326 g/mol. The van der Waals surface area contributed by atoms with Crippen molar-refractivity contribution in [2.24, 2.45) is 0 Å². The molecule has 1 aromatic carbocycles. The molecule has 1 fully saturated rings. The van der Waals surface area contributed by atoms with E-state index in [0.717, 1.165) is 19.3 Å². The fourth-order valence-electron chi connectivity index (χ4n) is 2.95. The number of carboxylic acids is 2. The van der Waals surface area contributed by atoms with E-state index in [9.17, 15) is 19.5 Å². The molecule has 2 atom stereocenters. The second kappa shape index (κ2) is 8.43. The van der Waals surface area contributed by atoms with Crippen LogP contribution in [-0.4, -0.2) is 45.2 Å². The molecule has 0 aromatic heterocycles. The standard InChI is InChI=1S/C13H15NO.C5H6O5/c15-10-5-6-13-12(7-10)11-4-2-1-3-9(11)8-14-13;6-3(5(9)10)1-2-4(7)8/h1-4,8,10,13-15H,5-7H2;1-2H2,(H,7,8)(H,9,10). The fourth-order valence-corrected chi connectivity index (χ4v) is 2.95. The largest absolute Gasteiger partial charge is 0.481 e. The summed E-state index contributed by atoms with van der Waals surface area (Å²) in [5.41, 5.74) is 1.38. The molecule has 0 spiro atoms. The van der Waals surface area contributed by atoms with E-state index in [0.29, 0.717) is 6.04 Å². The Kier molecular flexibility index (Phi) is 6.30. The summed E-state index contributed by atoms with van der Waals surface area (Å²) in [7, 11) is 0. The molecule has 0 bridgehead atoms. The number of aliphatic hydroxyl groups is 1. The Morgan fingerprint density at radius 3 is 2.48 bits per heavy atom. The minimum atomic E-state index is -1.58. The smallest absolute Gasteiger partial charge is 0.372 e. The van der Waals surface area contributed by atoms with Gasteiger partial charge >= 0.3 is 11.9 Å². The Morgan fingerprint density at radius 1 is 1.08 bits per heavy atom. The number of hydrogen-bond donors (Lipinski definition) is 4. The van der Waals surface area contributed by atoms with E-state index in [-0.39, 0.29) is 6.10 Å². The van der Waals surface area contributed by atoms with E-state index < -0.39 is 30.6 Å². The van der Waals surface area contributed by atoms with Crippen LogP contribution in [0.4, 0.5) is 0 Å². The number of carboxylic acid groups (broad SMARTS) is 2. The maximum Gasteiger partial charge on any atom is 0.372 e. The number of carbonyl (C=O) groups is 3. The monoisotopic (exact) mass is 347 g/mol. The Labute approximate surface area is 144 Å². The number of ketones is 1. The molecule has 25 heavy (non-hydrogen) atoms. The van der Waals surface area contributed by atoms with Gasteiger partial charge in [0.2, 0.25) is 5.78 Å². The summed E-state index contributed by atoms with van der Waals surface area (Å²) in [5.74, 6) is -3.82. The van der Waals surface area contributed by atoms with Crippen molar-refractivity contribution in [3.05, 3.63) is 34.7 Å². The third kappa shape index (κ3) is 5.15. The number of Topliss-reactive ketones (excluding diaryl/α,β-unsaturated/α-hetero) is 1. The molecule has 3 rings (SSSR count). The lowest BCUT2D eigenvalue weighted by Crippen LogP contribution is -2.45. The molecule has 2 unspecified atom stereocenters. The zero-order chi connectivity index (χ0) is 18.4. The van der Waals surface area contributed by atoms with Crippen LogP contribution in [-0.2, 0) is 14.4 Å². The summed E-state index contributed by atoms with van der Waals surface area (Å²) in [4.78, 5) is 29.7. The number of aliphatic carboxylic acids is 2. The van der Waals surface area contributed by atoms with Gasteiger partial charge in [-0.3, -0.25) is 9.59 Å². The highest BCUT2D eigenvalue weighted by Gasteiger charge is 2.25. The second-order valence-electron chi connectivity index (χ2n) is 6.03. The van der Waals surface area contributed by atoms with Crippen molar-refractivity contribution in [3.63, 3.8) is 0 Å². The Morgan fingerprint density at radius 2 is 1.80 bits per heavy atom. The summed E-state index contributed by atoms with van der Waals surface area (Å²) < 4.78 is 0. The van der Waals surface area contributed by atoms with Crippen LogP contribution < -0.4 is 15.8 Å². The van der Waals surface area contributed by atoms with Crippen molar-refractivity contribution in [1.82, 2.24) is 5.32 Å². The Balaban J connectivity index is 0.000000199. The summed E-state index contributed by atoms with van der Waals surface area (Å²) in [6.45, 7) is 0. The van der Waals surface area contributed by atoms with Crippen molar-refractivity contribution < 1.29 is 29.7 Å². The van der Waals surface area contributed by atoms with Crippen LogP contribution in [0.25, 0.3) is 11.8 Å². The van der Waals surface area contributed by atoms with Crippen LogP contribution in [0.15, 0.2) is 24.3 Å². The van der Waals surface area contributed by atoms with E-state index in [1.807, 2.05) is 0 Å². The molecule has 1 aliphatic carbocycles. The average Bonchev–Trinajstić information content (AvgIpc) is 2.60. The Bertz CT molecular complexity index is 785. The molecule has 1 heterocycles. The molecule has 7 heteroatoms. The van der Waals surface area contributed by atoms with Gasteiger partial charge < -0.3 is 20.6 Å². The lowest BCUT2D eigenvalue weighted by Gasteiger charge is -2.31. The predicted octanol–water partition coefficient (Wildman–Crippen LogP) is -0.403. The average molecular weight is 347 g/mol. The first-order chi connectivity index (χ1) is 11.9. The van der Waals surface area contributed by atoms with E-state index in [4.69, 9.17) is 10.2 Å². The summed E-state index contributed by atoms with van der Waals surface area (Å²) in [5, 5.41) is 31.7. The molecule has 0 saturated heterocycles. The molecule has 0 amide bonds. The van der Waals surface area contributed by atoms with Crippen molar-refractivity contribution in [2.45, 2.75) is 44.2 Å². The van der Waals surface area contributed by atoms with Gasteiger partial charge in [-0.15, -0.1) is 0 Å². The first-order valence-electron chi connectivity index (χ1n) is 8.09. The van der Waals surface area contributed by atoms with Gasteiger partial charge in [-0.05, 0) is 35.3 Å². The number of fused-ring (bicyclic) bond motifs is 2. The van der Waals surface area contributed by atoms with Crippen LogP contribution in [0.5, 0.6) is 0 Å². The molecule has 4 N–H and O–H groups in total. The molecule has 0 radical (unpaired) electrons. The SMILES string of the molecule is O=C(O)CCC(=O)C(=O)O.OC1CCC2NC=c3ccccc3=C2C1. The summed E-state index contributed by atoms with van der Waals surface area (Å²) in [6, 6.07) is 8.85. The fraction of sp³-hybridized carbons (Fsp3) is 0.389. The van der Waals surface area contributed by atoms with Gasteiger partial charge in [-0.2, -0.15) is 0 Å². The summed E-state index contributed by atoms with van der Waals surface area (Å²) >= 11 is 0. The zero-order valence-electron chi connectivity index (χ0n) is 13.6. The molecule has 134 valence electrons. The number of benzene rings is 1. The van der Waals surface area contributed by atoms with Crippen LogP contribution in [0.1, 0.15) is 32.1 Å². The van der Waals surface area contributed by atoms with Gasteiger partial charge in [0.05, 0.1) is 12.5 Å². The van der Waals surface area contributed by atoms with Crippen molar-refractivity contribution in [2.75, 3.05) is 0 Å². The number of aliphatic hydroxyl groups excluding tert-OH is 1. The van der Waals surface area contributed by atoms with Crippen LogP contribution in [0.3, 0.4) is 0 Å². The highest BCUT2D eigenvalue weighted by Crippen LogP contribution is 2.24. The lowest BCUT2D eigenvalue weighted by molar-refractivity contribution is -0.149. The van der Waals surface area contributed by atoms with Crippen LogP contribution in [0.2, 0.25) is 0 Å². The Hall–Kier alpha value is -2.67. The first kappa shape index (κ1) is 18.7. The maximum atomic E-state index is 10.2. The number of nitrogens with one attached hydrogen (secondary N) is 1. The van der Waals surface area contributed by atoms with Crippen molar-refractivity contribution >= 4 is 29.5 Å². The van der Waals surface area contributed by atoms with Crippen LogP contribution >= 0.6 is 0 Å². The number of carbonyl (C=O) groups excluding carboxylic acids is 1. The van der Waals surface area contributed by atoms with Crippen LogP contribution in [0, 0.1) is 0 Å². The first-order valence-corrected chi connectivity index (χ1v) is 8.09. The van der Waals surface area contributed by atoms with Crippen molar-refractivity contribution in [3.8, 4) is 0 Å². The zero-order valence-corrected chi connectivity index (χ0v) is 13.6. The van der Waals surface area contributed by atoms with Crippen molar-refractivity contribution in [1.29, 1.82) is 0 Å². The second-order valence-corrected chi connectivity index (χ2v) is 6.03. The third-order valence-corrected chi connectivity index (χ3v) is 4.22. The molecule has 2 aliphatic rings. The minimum absolute atomic E-state index is 0.149. The third-order valence-electron chi connectivity index (χ3n) is 4.22. The maximum absolute atomic E-state index is 10.2. The number of hydrogen-bond acceptors (Lipinski definition) is 5. The van der Waals surface area contributed by atoms with Gasteiger partial charge in [-0.25, -0.2) is 4.79 Å². The van der Waals surface area contributed by atoms with Gasteiger partial charge in [0.15, 0.2) is 0 Å². The van der Waals surface area contributed by atoms with E-state index in [1.54, 1.807) is 0 Å². The predicted molar refractivity (Wildman–Crippen MR) is 89.9 cm³/mol. The van der Waals surface area contributed by atoms with E-state index >= 15 is 0 Å². The van der Waals surface area contributed by atoms with E-state index in [2.05, 4.69) is 35.8 Å². The molecule has 7 nitrogen and oxygen atoms in total.